The van der Waals surface area contributed by atoms with E-state index in [1.807, 2.05) is 91.5 Å². The molecule has 10 heteroatoms. The zero-order valence-corrected chi connectivity index (χ0v) is 24.8. The van der Waals surface area contributed by atoms with Crippen molar-refractivity contribution in [2.75, 3.05) is 5.73 Å². The van der Waals surface area contributed by atoms with Crippen LogP contribution in [0.25, 0.3) is 33.1 Å². The smallest absolute Gasteiger partial charge is 0.267 e. The molecule has 0 saturated heterocycles. The van der Waals surface area contributed by atoms with Crippen LogP contribution in [-0.2, 0) is 7.05 Å². The molecule has 4 heterocycles. The molecular formula is C35H28N8O2. The van der Waals surface area contributed by atoms with Gasteiger partial charge in [-0.05, 0) is 50.2 Å². The van der Waals surface area contributed by atoms with Crippen molar-refractivity contribution >= 4 is 39.2 Å². The Morgan fingerprint density at radius 1 is 0.956 bits per heavy atom. The van der Waals surface area contributed by atoms with Crippen molar-refractivity contribution in [3.63, 3.8) is 0 Å². The van der Waals surface area contributed by atoms with Crippen molar-refractivity contribution in [3.8, 4) is 17.5 Å². The predicted octanol–water partition coefficient (Wildman–Crippen LogP) is 4.70. The number of para-hydroxylation sites is 2. The van der Waals surface area contributed by atoms with Gasteiger partial charge < -0.3 is 15.6 Å². The molecule has 7 rings (SSSR count). The highest BCUT2D eigenvalue weighted by atomic mass is 16.2. The van der Waals surface area contributed by atoms with Crippen molar-refractivity contribution in [3.05, 3.63) is 130 Å². The summed E-state index contributed by atoms with van der Waals surface area (Å²) in [4.78, 5) is 37.2. The van der Waals surface area contributed by atoms with Gasteiger partial charge in [0, 0.05) is 41.6 Å². The molecule has 0 spiro atoms. The number of nitrogen functional groups attached to an aromatic ring is 1. The monoisotopic (exact) mass is 592 g/mol. The third-order valence-electron chi connectivity index (χ3n) is 7.86. The third-order valence-corrected chi connectivity index (χ3v) is 7.86. The van der Waals surface area contributed by atoms with Gasteiger partial charge in [0.25, 0.3) is 11.5 Å². The molecule has 3 aromatic carbocycles. The molecule has 1 amide bonds. The van der Waals surface area contributed by atoms with Crippen molar-refractivity contribution in [1.82, 2.24) is 34.0 Å². The minimum Gasteiger partial charge on any atom is -0.381 e. The largest absolute Gasteiger partial charge is 0.381 e. The van der Waals surface area contributed by atoms with Gasteiger partial charge in [-0.3, -0.25) is 14.2 Å². The second-order valence-electron chi connectivity index (χ2n) is 10.8. The Balaban J connectivity index is 1.35. The molecule has 0 fully saturated rings. The maximum atomic E-state index is 14.4. The SMILES string of the molecule is Cc1ccnc2c(C(=O)N[C@@H](C)c3nc4cccc(C#Cc5cn(C)c6ccccc56)c4c(=O)n3-c3ccccc3)c(N)nn12. The van der Waals surface area contributed by atoms with Gasteiger partial charge in [-0.15, -0.1) is 5.10 Å². The van der Waals surface area contributed by atoms with E-state index in [4.69, 9.17) is 10.7 Å². The number of aromatic nitrogens is 6. The van der Waals surface area contributed by atoms with Crippen molar-refractivity contribution in [1.29, 1.82) is 0 Å². The average Bonchev–Trinajstić information content (AvgIpc) is 3.56. The molecule has 0 bridgehead atoms. The molecule has 10 nitrogen and oxygen atoms in total. The highest BCUT2D eigenvalue weighted by Gasteiger charge is 2.25. The van der Waals surface area contributed by atoms with Gasteiger partial charge in [0.15, 0.2) is 11.5 Å². The molecule has 0 aliphatic heterocycles. The number of amides is 1. The minimum atomic E-state index is -0.695. The van der Waals surface area contributed by atoms with Gasteiger partial charge in [-0.25, -0.2) is 14.5 Å². The molecule has 3 N–H and O–H groups in total. The summed E-state index contributed by atoms with van der Waals surface area (Å²) < 4.78 is 5.09. The maximum absolute atomic E-state index is 14.4. The fraction of sp³-hybridized carbons (Fsp3) is 0.114. The van der Waals surface area contributed by atoms with Crippen LogP contribution in [0.5, 0.6) is 0 Å². The highest BCUT2D eigenvalue weighted by molar-refractivity contribution is 6.04. The number of rotatable bonds is 4. The van der Waals surface area contributed by atoms with Crippen LogP contribution in [0.1, 0.15) is 46.0 Å². The Bertz CT molecular complexity index is 2410. The Morgan fingerprint density at radius 3 is 2.53 bits per heavy atom. The number of fused-ring (bicyclic) bond motifs is 3. The van der Waals surface area contributed by atoms with Crippen LogP contribution >= 0.6 is 0 Å². The van der Waals surface area contributed by atoms with E-state index in [1.54, 1.807) is 25.3 Å². The molecule has 220 valence electrons. The fourth-order valence-corrected chi connectivity index (χ4v) is 5.67. The summed E-state index contributed by atoms with van der Waals surface area (Å²) in [5, 5.41) is 8.69. The normalized spacial score (nSPS) is 11.9. The molecule has 0 radical (unpaired) electrons. The van der Waals surface area contributed by atoms with Gasteiger partial charge in [-0.2, -0.15) is 0 Å². The van der Waals surface area contributed by atoms with Crippen molar-refractivity contribution in [2.45, 2.75) is 19.9 Å². The summed E-state index contributed by atoms with van der Waals surface area (Å²) in [6, 6.07) is 23.8. The lowest BCUT2D eigenvalue weighted by atomic mass is 10.1. The molecular weight excluding hydrogens is 564 g/mol. The third kappa shape index (κ3) is 4.67. The lowest BCUT2D eigenvalue weighted by Gasteiger charge is -2.20. The van der Waals surface area contributed by atoms with Crippen LogP contribution in [0.2, 0.25) is 0 Å². The molecule has 7 aromatic rings. The standard InChI is InChI=1S/C35H28N8O2/c1-21-18-19-37-33-30(31(36)40-43(21)33)34(44)38-22(2)32-39-27-14-9-10-23(29(27)35(45)42(32)25-11-5-4-6-12-25)16-17-24-20-41(3)28-15-8-7-13-26(24)28/h4-15,18-20,22H,1-3H3,(H2,36,40)(H,38,44)/t22-/m0/s1. The maximum Gasteiger partial charge on any atom is 0.267 e. The van der Waals surface area contributed by atoms with E-state index >= 15 is 0 Å². The summed E-state index contributed by atoms with van der Waals surface area (Å²) in [5.74, 6) is 6.45. The summed E-state index contributed by atoms with van der Waals surface area (Å²) >= 11 is 0. The fourth-order valence-electron chi connectivity index (χ4n) is 5.67. The van der Waals surface area contributed by atoms with Gasteiger partial charge in [0.05, 0.1) is 28.2 Å². The highest BCUT2D eigenvalue weighted by Crippen LogP contribution is 2.23. The number of benzene rings is 3. The van der Waals surface area contributed by atoms with Gasteiger partial charge >= 0.3 is 0 Å². The molecule has 0 aliphatic rings. The summed E-state index contributed by atoms with van der Waals surface area (Å²) in [6.07, 6.45) is 3.59. The Labute approximate surface area is 257 Å². The molecule has 1 atom stereocenters. The topological polar surface area (TPSA) is 125 Å². The van der Waals surface area contributed by atoms with Crippen molar-refractivity contribution in [2.24, 2.45) is 7.05 Å². The summed E-state index contributed by atoms with van der Waals surface area (Å²) in [7, 11) is 1.98. The first-order chi connectivity index (χ1) is 21.8. The number of carbonyl (C=O) groups is 1. The number of anilines is 1. The zero-order valence-electron chi connectivity index (χ0n) is 24.8. The Morgan fingerprint density at radius 2 is 1.71 bits per heavy atom. The second kappa shape index (κ2) is 10.8. The lowest BCUT2D eigenvalue weighted by molar-refractivity contribution is 0.0940. The molecule has 45 heavy (non-hydrogen) atoms. The number of carbonyl (C=O) groups excluding carboxylic acids is 1. The Kier molecular flexibility index (Phi) is 6.63. The van der Waals surface area contributed by atoms with Crippen LogP contribution in [0.3, 0.4) is 0 Å². The molecule has 4 aromatic heterocycles. The van der Waals surface area contributed by atoms with Crippen LogP contribution in [0.15, 0.2) is 96.1 Å². The summed E-state index contributed by atoms with van der Waals surface area (Å²) in [5.41, 5.74) is 10.7. The van der Waals surface area contributed by atoms with E-state index in [0.717, 1.165) is 22.2 Å². The number of nitrogens with zero attached hydrogens (tertiary/aromatic N) is 6. The number of aryl methyl sites for hydroxylation is 2. The molecule has 0 unspecified atom stereocenters. The second-order valence-corrected chi connectivity index (χ2v) is 10.8. The van der Waals surface area contributed by atoms with Crippen molar-refractivity contribution < 1.29 is 4.79 Å². The van der Waals surface area contributed by atoms with E-state index in [-0.39, 0.29) is 16.9 Å². The first-order valence-electron chi connectivity index (χ1n) is 14.4. The lowest BCUT2D eigenvalue weighted by Crippen LogP contribution is -2.33. The number of hydrogen-bond donors (Lipinski definition) is 2. The summed E-state index contributed by atoms with van der Waals surface area (Å²) in [6.45, 7) is 3.62. The first kappa shape index (κ1) is 27.6. The average molecular weight is 593 g/mol. The van der Waals surface area contributed by atoms with Gasteiger partial charge in [-0.1, -0.05) is 54.3 Å². The van der Waals surface area contributed by atoms with Crippen LogP contribution < -0.4 is 16.6 Å². The number of nitrogens with one attached hydrogen (secondary N) is 1. The van der Waals surface area contributed by atoms with E-state index < -0.39 is 11.9 Å². The number of hydrogen-bond acceptors (Lipinski definition) is 6. The quantitative estimate of drug-likeness (QED) is 0.286. The minimum absolute atomic E-state index is 0.0582. The Hall–Kier alpha value is -6.21. The predicted molar refractivity (Wildman–Crippen MR) is 174 cm³/mol. The van der Waals surface area contributed by atoms with E-state index in [2.05, 4.69) is 27.2 Å². The van der Waals surface area contributed by atoms with E-state index in [1.165, 1.54) is 9.08 Å². The zero-order chi connectivity index (χ0) is 31.2. The first-order valence-corrected chi connectivity index (χ1v) is 14.4. The number of nitrogens with two attached hydrogens (primary N) is 1. The van der Waals surface area contributed by atoms with E-state index in [0.29, 0.717) is 33.6 Å². The van der Waals surface area contributed by atoms with Gasteiger partial charge in [0.1, 0.15) is 11.4 Å². The van der Waals surface area contributed by atoms with Crippen LogP contribution in [0, 0.1) is 18.8 Å². The molecule has 0 saturated carbocycles. The van der Waals surface area contributed by atoms with Crippen LogP contribution in [-0.4, -0.2) is 34.6 Å². The van der Waals surface area contributed by atoms with E-state index in [9.17, 15) is 9.59 Å². The molecule has 0 aliphatic carbocycles. The van der Waals surface area contributed by atoms with Crippen LogP contribution in [0.4, 0.5) is 5.82 Å². The van der Waals surface area contributed by atoms with Gasteiger partial charge in [0.2, 0.25) is 0 Å².